The SMILES string of the molecule is O=C(C1CCN(C(=O)N2C[C@H]3C[C@H](C2)[C@H]2CCCC(=O)N2C3)CC1)N1CCCC1. The number of rotatable bonds is 1. The molecular formula is C22H34N4O3. The van der Waals surface area contributed by atoms with E-state index in [-0.39, 0.29) is 11.9 Å². The van der Waals surface area contributed by atoms with Gasteiger partial charge >= 0.3 is 6.03 Å². The van der Waals surface area contributed by atoms with Crippen LogP contribution >= 0.6 is 0 Å². The fourth-order valence-corrected chi connectivity index (χ4v) is 6.48. The van der Waals surface area contributed by atoms with Crippen molar-refractivity contribution in [2.24, 2.45) is 17.8 Å². The lowest BCUT2D eigenvalue weighted by molar-refractivity contribution is -0.144. The van der Waals surface area contributed by atoms with E-state index in [1.165, 1.54) is 0 Å². The lowest BCUT2D eigenvalue weighted by atomic mass is 9.76. The van der Waals surface area contributed by atoms with E-state index in [0.29, 0.717) is 49.2 Å². The number of urea groups is 1. The van der Waals surface area contributed by atoms with E-state index in [1.54, 1.807) is 0 Å². The number of piperidine rings is 4. The molecule has 29 heavy (non-hydrogen) atoms. The van der Waals surface area contributed by atoms with E-state index >= 15 is 0 Å². The Hall–Kier alpha value is -1.79. The monoisotopic (exact) mass is 402 g/mol. The summed E-state index contributed by atoms with van der Waals surface area (Å²) in [7, 11) is 0. The van der Waals surface area contributed by atoms with Crippen LogP contribution < -0.4 is 0 Å². The number of nitrogens with zero attached hydrogens (tertiary/aromatic N) is 4. The first-order valence-electron chi connectivity index (χ1n) is 11.7. The highest BCUT2D eigenvalue weighted by Gasteiger charge is 2.45. The summed E-state index contributed by atoms with van der Waals surface area (Å²) in [6, 6.07) is 0.495. The van der Waals surface area contributed by atoms with Gasteiger partial charge < -0.3 is 19.6 Å². The maximum atomic E-state index is 13.2. The molecule has 5 saturated heterocycles. The first-order chi connectivity index (χ1) is 14.1. The molecule has 5 aliphatic rings. The average Bonchev–Trinajstić information content (AvgIpc) is 3.28. The lowest BCUT2D eigenvalue weighted by Crippen LogP contribution is -2.62. The van der Waals surface area contributed by atoms with Gasteiger partial charge in [-0.1, -0.05) is 0 Å². The molecule has 0 saturated carbocycles. The smallest absolute Gasteiger partial charge is 0.320 e. The van der Waals surface area contributed by atoms with Crippen molar-refractivity contribution >= 4 is 17.8 Å². The van der Waals surface area contributed by atoms with Crippen molar-refractivity contribution in [3.8, 4) is 0 Å². The highest BCUT2D eigenvalue weighted by atomic mass is 16.2. The van der Waals surface area contributed by atoms with Crippen LogP contribution in [-0.2, 0) is 9.59 Å². The van der Waals surface area contributed by atoms with Crippen LogP contribution in [0, 0.1) is 17.8 Å². The van der Waals surface area contributed by atoms with Gasteiger partial charge in [-0.25, -0.2) is 4.79 Å². The highest BCUT2D eigenvalue weighted by molar-refractivity contribution is 5.80. The molecule has 0 aromatic heterocycles. The molecule has 5 fully saturated rings. The van der Waals surface area contributed by atoms with Crippen LogP contribution in [0.25, 0.3) is 0 Å². The number of hydrogen-bond donors (Lipinski definition) is 0. The summed E-state index contributed by atoms with van der Waals surface area (Å²) >= 11 is 0. The van der Waals surface area contributed by atoms with Gasteiger partial charge in [0.25, 0.3) is 0 Å². The van der Waals surface area contributed by atoms with Crippen LogP contribution in [0.2, 0.25) is 0 Å². The summed E-state index contributed by atoms with van der Waals surface area (Å²) in [6.07, 6.45) is 7.80. The van der Waals surface area contributed by atoms with Crippen LogP contribution in [0.4, 0.5) is 4.79 Å². The summed E-state index contributed by atoms with van der Waals surface area (Å²) in [5.74, 6) is 1.58. The summed E-state index contributed by atoms with van der Waals surface area (Å²) in [4.78, 5) is 46.3. The van der Waals surface area contributed by atoms with Gasteiger partial charge in [0.1, 0.15) is 0 Å². The molecule has 160 valence electrons. The van der Waals surface area contributed by atoms with Crippen LogP contribution in [0.5, 0.6) is 0 Å². The molecular weight excluding hydrogens is 368 g/mol. The van der Waals surface area contributed by atoms with E-state index in [9.17, 15) is 14.4 Å². The molecule has 5 aliphatic heterocycles. The molecule has 2 bridgehead atoms. The van der Waals surface area contributed by atoms with Crippen molar-refractivity contribution < 1.29 is 14.4 Å². The summed E-state index contributed by atoms with van der Waals surface area (Å²) in [5, 5.41) is 0. The minimum Gasteiger partial charge on any atom is -0.342 e. The Labute approximate surface area is 173 Å². The minimum atomic E-state index is 0.0969. The lowest BCUT2D eigenvalue weighted by Gasteiger charge is -2.53. The minimum absolute atomic E-state index is 0.0969. The Bertz CT molecular complexity index is 669. The number of likely N-dealkylation sites (tertiary alicyclic amines) is 3. The molecule has 5 rings (SSSR count). The molecule has 4 amide bonds. The second-order valence-corrected chi connectivity index (χ2v) is 9.85. The van der Waals surface area contributed by atoms with Gasteiger partial charge in [0.15, 0.2) is 0 Å². The molecule has 0 aliphatic carbocycles. The number of carbonyl (C=O) groups excluding carboxylic acids is 3. The maximum Gasteiger partial charge on any atom is 0.320 e. The number of hydrogen-bond acceptors (Lipinski definition) is 3. The van der Waals surface area contributed by atoms with E-state index < -0.39 is 0 Å². The van der Waals surface area contributed by atoms with E-state index in [2.05, 4.69) is 9.80 Å². The summed E-state index contributed by atoms with van der Waals surface area (Å²) < 4.78 is 0. The number of amides is 4. The predicted molar refractivity (Wildman–Crippen MR) is 108 cm³/mol. The summed E-state index contributed by atoms with van der Waals surface area (Å²) in [5.41, 5.74) is 0. The molecule has 0 aromatic rings. The van der Waals surface area contributed by atoms with Gasteiger partial charge in [0.05, 0.1) is 0 Å². The van der Waals surface area contributed by atoms with Crippen LogP contribution in [0.1, 0.15) is 51.4 Å². The molecule has 0 aromatic carbocycles. The van der Waals surface area contributed by atoms with Gasteiger partial charge in [0.2, 0.25) is 11.8 Å². The van der Waals surface area contributed by atoms with Crippen molar-refractivity contribution in [1.29, 1.82) is 0 Å². The zero-order valence-corrected chi connectivity index (χ0v) is 17.4. The van der Waals surface area contributed by atoms with Crippen molar-refractivity contribution in [2.45, 2.75) is 57.4 Å². The van der Waals surface area contributed by atoms with Crippen LogP contribution in [0.3, 0.4) is 0 Å². The molecule has 7 heteroatoms. The number of carbonyl (C=O) groups is 3. The second kappa shape index (κ2) is 7.80. The van der Waals surface area contributed by atoms with Gasteiger partial charge in [-0.15, -0.1) is 0 Å². The predicted octanol–water partition coefficient (Wildman–Crippen LogP) is 1.77. The van der Waals surface area contributed by atoms with Gasteiger partial charge in [-0.2, -0.15) is 0 Å². The van der Waals surface area contributed by atoms with Crippen LogP contribution in [-0.4, -0.2) is 89.3 Å². The Morgan fingerprint density at radius 3 is 2.31 bits per heavy atom. The van der Waals surface area contributed by atoms with Crippen molar-refractivity contribution in [3.05, 3.63) is 0 Å². The van der Waals surface area contributed by atoms with Crippen LogP contribution in [0.15, 0.2) is 0 Å². The second-order valence-electron chi connectivity index (χ2n) is 9.85. The third-order valence-corrected chi connectivity index (χ3v) is 7.98. The molecule has 0 spiro atoms. The Morgan fingerprint density at radius 2 is 1.55 bits per heavy atom. The van der Waals surface area contributed by atoms with E-state index in [0.717, 1.165) is 77.7 Å². The third kappa shape index (κ3) is 3.61. The normalized spacial score (nSPS) is 33.1. The first-order valence-corrected chi connectivity index (χ1v) is 11.7. The molecule has 0 N–H and O–H groups in total. The molecule has 0 radical (unpaired) electrons. The average molecular weight is 403 g/mol. The van der Waals surface area contributed by atoms with Crippen molar-refractivity contribution in [1.82, 2.24) is 19.6 Å². The zero-order chi connectivity index (χ0) is 20.0. The van der Waals surface area contributed by atoms with E-state index in [1.807, 2.05) is 9.80 Å². The highest BCUT2D eigenvalue weighted by Crippen LogP contribution is 2.38. The molecule has 0 unspecified atom stereocenters. The molecule has 5 heterocycles. The third-order valence-electron chi connectivity index (χ3n) is 7.98. The topological polar surface area (TPSA) is 64.2 Å². The van der Waals surface area contributed by atoms with Gasteiger partial charge in [0, 0.05) is 64.2 Å². The quantitative estimate of drug-likeness (QED) is 0.672. The van der Waals surface area contributed by atoms with Gasteiger partial charge in [-0.3, -0.25) is 9.59 Å². The summed E-state index contributed by atoms with van der Waals surface area (Å²) in [6.45, 7) is 5.61. The van der Waals surface area contributed by atoms with Crippen molar-refractivity contribution in [3.63, 3.8) is 0 Å². The maximum absolute atomic E-state index is 13.2. The van der Waals surface area contributed by atoms with Crippen molar-refractivity contribution in [2.75, 3.05) is 45.8 Å². The fraction of sp³-hybridized carbons (Fsp3) is 0.864. The number of fused-ring (bicyclic) bond motifs is 4. The Balaban J connectivity index is 1.17. The Morgan fingerprint density at radius 1 is 0.793 bits per heavy atom. The van der Waals surface area contributed by atoms with Gasteiger partial charge in [-0.05, 0) is 56.8 Å². The fourth-order valence-electron chi connectivity index (χ4n) is 6.48. The molecule has 3 atom stereocenters. The standard InChI is InChI=1S/C22H34N4O3/c27-20-5-3-4-19-18-12-16(14-26(19)20)13-25(15-18)22(29)24-10-6-17(7-11-24)21(28)23-8-1-2-9-23/h16-19H,1-15H2/t16-,18-,19-/m1/s1. The molecule has 7 nitrogen and oxygen atoms in total. The zero-order valence-electron chi connectivity index (χ0n) is 17.4. The Kier molecular flexibility index (Phi) is 5.16. The van der Waals surface area contributed by atoms with E-state index in [4.69, 9.17) is 0 Å². The first kappa shape index (κ1) is 19.2. The largest absolute Gasteiger partial charge is 0.342 e.